The molecule has 1 aliphatic heterocycles. The summed E-state index contributed by atoms with van der Waals surface area (Å²) in [5, 5.41) is 21.5. The highest BCUT2D eigenvalue weighted by atomic mass is 32.1. The van der Waals surface area contributed by atoms with Crippen molar-refractivity contribution < 1.29 is 19.8 Å². The molecule has 2 aliphatic rings. The van der Waals surface area contributed by atoms with Gasteiger partial charge in [0.2, 0.25) is 5.78 Å². The van der Waals surface area contributed by atoms with Crippen molar-refractivity contribution in [1.29, 1.82) is 0 Å². The number of benzene rings is 2. The number of hydrogen-bond donors (Lipinski definition) is 2. The smallest absolute Gasteiger partial charge is 0.202 e. The molecule has 2 aromatic carbocycles. The number of rotatable bonds is 2. The summed E-state index contributed by atoms with van der Waals surface area (Å²) in [6.45, 7) is 7.88. The first-order valence-corrected chi connectivity index (χ1v) is 10.8. The molecule has 1 aromatic heterocycles. The van der Waals surface area contributed by atoms with Crippen molar-refractivity contribution in [3.63, 3.8) is 0 Å². The number of phenolic OH excluding ortho intramolecular Hbond substituents is 2. The van der Waals surface area contributed by atoms with Gasteiger partial charge < -0.3 is 15.1 Å². The Labute approximate surface area is 177 Å². The summed E-state index contributed by atoms with van der Waals surface area (Å²) in [6, 6.07) is 6.37. The van der Waals surface area contributed by atoms with E-state index in [0.717, 1.165) is 31.3 Å². The monoisotopic (exact) mass is 423 g/mol. The Hall–Kier alpha value is -2.97. The summed E-state index contributed by atoms with van der Waals surface area (Å²) in [4.78, 5) is 35.6. The first-order valence-electron chi connectivity index (χ1n) is 9.93. The third-order valence-corrected chi connectivity index (χ3v) is 7.08. The Balaban J connectivity index is 1.61. The number of anilines is 1. The highest BCUT2D eigenvalue weighted by molar-refractivity contribution is 7.22. The van der Waals surface area contributed by atoms with Crippen LogP contribution in [-0.4, -0.2) is 63.9 Å². The minimum atomic E-state index is -0.544. The number of piperazine rings is 1. The van der Waals surface area contributed by atoms with Crippen LogP contribution in [0.5, 0.6) is 11.5 Å². The molecule has 1 fully saturated rings. The lowest BCUT2D eigenvalue weighted by atomic mass is 9.83. The molecule has 3 aromatic rings. The van der Waals surface area contributed by atoms with Crippen LogP contribution in [0.4, 0.5) is 5.13 Å². The van der Waals surface area contributed by atoms with E-state index < -0.39 is 5.78 Å². The van der Waals surface area contributed by atoms with Crippen molar-refractivity contribution in [2.75, 3.05) is 31.1 Å². The summed E-state index contributed by atoms with van der Waals surface area (Å²) in [5.74, 6) is -1.47. The Kier molecular flexibility index (Phi) is 4.30. The van der Waals surface area contributed by atoms with E-state index in [2.05, 4.69) is 28.6 Å². The summed E-state index contributed by atoms with van der Waals surface area (Å²) in [7, 11) is 0. The minimum Gasteiger partial charge on any atom is -0.507 e. The maximum Gasteiger partial charge on any atom is 0.202 e. The van der Waals surface area contributed by atoms with Gasteiger partial charge in [0, 0.05) is 43.9 Å². The van der Waals surface area contributed by atoms with Crippen LogP contribution in [0.3, 0.4) is 0 Å². The van der Waals surface area contributed by atoms with Gasteiger partial charge in [-0.3, -0.25) is 14.5 Å². The average molecular weight is 423 g/mol. The molecular formula is C22H21N3O4S. The summed E-state index contributed by atoms with van der Waals surface area (Å²) in [5.41, 5.74) is 0.723. The van der Waals surface area contributed by atoms with Crippen LogP contribution in [0.25, 0.3) is 10.2 Å². The first kappa shape index (κ1) is 19.0. The van der Waals surface area contributed by atoms with Gasteiger partial charge in [0.15, 0.2) is 10.9 Å². The lowest BCUT2D eigenvalue weighted by Gasteiger charge is -2.36. The molecule has 0 amide bonds. The maximum atomic E-state index is 13.3. The molecule has 5 rings (SSSR count). The van der Waals surface area contributed by atoms with E-state index >= 15 is 0 Å². The van der Waals surface area contributed by atoms with Gasteiger partial charge in [0.1, 0.15) is 11.5 Å². The molecule has 0 saturated carbocycles. The van der Waals surface area contributed by atoms with E-state index in [0.29, 0.717) is 16.3 Å². The molecule has 0 radical (unpaired) electrons. The number of nitrogens with zero attached hydrogens (tertiary/aromatic N) is 3. The fourth-order valence-corrected chi connectivity index (χ4v) is 5.42. The number of aromatic hydroxyl groups is 2. The zero-order chi connectivity index (χ0) is 21.2. The van der Waals surface area contributed by atoms with Gasteiger partial charge in [-0.25, -0.2) is 4.98 Å². The van der Waals surface area contributed by atoms with Crippen molar-refractivity contribution in [3.05, 3.63) is 46.5 Å². The molecule has 1 saturated heterocycles. The van der Waals surface area contributed by atoms with Crippen LogP contribution in [0, 0.1) is 0 Å². The van der Waals surface area contributed by atoms with E-state index in [-0.39, 0.29) is 39.5 Å². The lowest BCUT2D eigenvalue weighted by Crippen LogP contribution is -2.48. The third kappa shape index (κ3) is 2.71. The van der Waals surface area contributed by atoms with E-state index in [9.17, 15) is 19.8 Å². The molecule has 154 valence electrons. The molecule has 2 N–H and O–H groups in total. The van der Waals surface area contributed by atoms with Crippen molar-refractivity contribution in [2.24, 2.45) is 0 Å². The number of carbonyl (C=O) groups excluding carboxylic acids is 2. The van der Waals surface area contributed by atoms with Crippen LogP contribution in [0.15, 0.2) is 24.3 Å². The number of phenols is 2. The first-order chi connectivity index (χ1) is 14.4. The predicted molar refractivity (Wildman–Crippen MR) is 115 cm³/mol. The van der Waals surface area contributed by atoms with Gasteiger partial charge in [0.05, 0.1) is 26.9 Å². The molecular weight excluding hydrogens is 402 g/mol. The predicted octanol–water partition coefficient (Wildman–Crippen LogP) is 3.01. The zero-order valence-electron chi connectivity index (χ0n) is 16.7. The number of carbonyl (C=O) groups is 2. The van der Waals surface area contributed by atoms with Gasteiger partial charge in [-0.1, -0.05) is 23.5 Å². The molecule has 0 unspecified atom stereocenters. The number of thiazole rings is 1. The third-order valence-electron chi connectivity index (χ3n) is 5.93. The molecule has 30 heavy (non-hydrogen) atoms. The zero-order valence-corrected chi connectivity index (χ0v) is 17.5. The molecule has 0 bridgehead atoms. The SMILES string of the molecule is CC(C)N1CCN(c2nc3cc(O)c4c(c3s2)C(=O)c2cccc(O)c2C4=O)CC1. The number of ketones is 2. The van der Waals surface area contributed by atoms with E-state index in [4.69, 9.17) is 0 Å². The minimum absolute atomic E-state index is 0.0543. The second kappa shape index (κ2) is 6.78. The van der Waals surface area contributed by atoms with Gasteiger partial charge in [-0.2, -0.15) is 0 Å². The second-order valence-electron chi connectivity index (χ2n) is 7.97. The highest BCUT2D eigenvalue weighted by Gasteiger charge is 2.37. The Morgan fingerprint density at radius 1 is 0.967 bits per heavy atom. The van der Waals surface area contributed by atoms with Crippen LogP contribution >= 0.6 is 11.3 Å². The van der Waals surface area contributed by atoms with Crippen molar-refractivity contribution in [3.8, 4) is 11.5 Å². The second-order valence-corrected chi connectivity index (χ2v) is 8.94. The van der Waals surface area contributed by atoms with E-state index in [1.54, 1.807) is 0 Å². The fraction of sp³-hybridized carbons (Fsp3) is 0.318. The molecule has 2 heterocycles. The van der Waals surface area contributed by atoms with E-state index in [1.165, 1.54) is 35.6 Å². The normalized spacial score (nSPS) is 17.0. The quantitative estimate of drug-likeness (QED) is 0.512. The molecule has 7 nitrogen and oxygen atoms in total. The summed E-state index contributed by atoms with van der Waals surface area (Å²) >= 11 is 1.37. The van der Waals surface area contributed by atoms with Crippen molar-refractivity contribution >= 4 is 38.3 Å². The van der Waals surface area contributed by atoms with Gasteiger partial charge in [-0.15, -0.1) is 0 Å². The maximum absolute atomic E-state index is 13.3. The highest BCUT2D eigenvalue weighted by Crippen LogP contribution is 2.43. The Bertz CT molecular complexity index is 1210. The van der Waals surface area contributed by atoms with Gasteiger partial charge in [-0.05, 0) is 19.9 Å². The fourth-order valence-electron chi connectivity index (χ4n) is 4.28. The number of hydrogen-bond acceptors (Lipinski definition) is 8. The molecule has 1 aliphatic carbocycles. The van der Waals surface area contributed by atoms with Gasteiger partial charge >= 0.3 is 0 Å². The largest absolute Gasteiger partial charge is 0.507 e. The topological polar surface area (TPSA) is 94.0 Å². The molecule has 0 atom stereocenters. The standard InChI is InChI=1S/C22H21N3O4S/c1-11(2)24-6-8-25(9-7-24)22-23-13-10-15(27)17-18(21(13)30-22)19(28)12-4-3-5-14(26)16(12)20(17)29/h3-5,10-11,26-27H,6-9H2,1-2H3. The number of fused-ring (bicyclic) bond motifs is 4. The summed E-state index contributed by atoms with van der Waals surface area (Å²) < 4.78 is 0.594. The van der Waals surface area contributed by atoms with E-state index in [1.807, 2.05) is 0 Å². The van der Waals surface area contributed by atoms with Crippen LogP contribution in [-0.2, 0) is 0 Å². The van der Waals surface area contributed by atoms with Crippen molar-refractivity contribution in [2.45, 2.75) is 19.9 Å². The Morgan fingerprint density at radius 2 is 1.70 bits per heavy atom. The number of aromatic nitrogens is 1. The molecule has 0 spiro atoms. The van der Waals surface area contributed by atoms with Crippen LogP contribution in [0.2, 0.25) is 0 Å². The lowest BCUT2D eigenvalue weighted by molar-refractivity contribution is 0.0975. The van der Waals surface area contributed by atoms with Crippen LogP contribution < -0.4 is 4.90 Å². The summed E-state index contributed by atoms with van der Waals surface area (Å²) in [6.07, 6.45) is 0. The van der Waals surface area contributed by atoms with Gasteiger partial charge in [0.25, 0.3) is 0 Å². The van der Waals surface area contributed by atoms with Crippen molar-refractivity contribution in [1.82, 2.24) is 9.88 Å². The van der Waals surface area contributed by atoms with Crippen LogP contribution in [0.1, 0.15) is 45.7 Å². The molecule has 8 heteroatoms. The average Bonchev–Trinajstić information content (AvgIpc) is 3.14. The Morgan fingerprint density at radius 3 is 2.40 bits per heavy atom.